The molecule has 24 heavy (non-hydrogen) atoms. The zero-order valence-electron chi connectivity index (χ0n) is 13.3. The van der Waals surface area contributed by atoms with Gasteiger partial charge in [0.2, 0.25) is 0 Å². The lowest BCUT2D eigenvalue weighted by Crippen LogP contribution is -2.36. The standard InChI is InChI=1S/C17H17ClN4O2/c1-23-16-9-14-13(20-16)8-12(18)17(21-14)11-2-3-15(19-10-11)22-4-6-24-7-5-22/h2-3,8-10,20H,4-7H2,1H3. The number of methoxy groups -OCH3 is 1. The van der Waals surface area contributed by atoms with Gasteiger partial charge in [0.15, 0.2) is 5.88 Å². The van der Waals surface area contributed by atoms with E-state index in [-0.39, 0.29) is 0 Å². The quantitative estimate of drug-likeness (QED) is 0.791. The number of fused-ring (bicyclic) bond motifs is 1. The smallest absolute Gasteiger partial charge is 0.193 e. The van der Waals surface area contributed by atoms with Crippen LogP contribution in [0.4, 0.5) is 5.82 Å². The molecule has 0 amide bonds. The monoisotopic (exact) mass is 344 g/mol. The molecule has 0 radical (unpaired) electrons. The lowest BCUT2D eigenvalue weighted by atomic mass is 10.2. The van der Waals surface area contributed by atoms with Crippen LogP contribution in [0.2, 0.25) is 5.02 Å². The molecule has 4 heterocycles. The summed E-state index contributed by atoms with van der Waals surface area (Å²) in [6.07, 6.45) is 1.81. The average molecular weight is 345 g/mol. The minimum atomic E-state index is 0.577. The van der Waals surface area contributed by atoms with E-state index in [9.17, 15) is 0 Å². The molecule has 4 rings (SSSR count). The molecule has 3 aromatic rings. The molecule has 0 bridgehead atoms. The Kier molecular flexibility index (Phi) is 4.00. The van der Waals surface area contributed by atoms with Crippen molar-refractivity contribution in [2.75, 3.05) is 38.3 Å². The molecule has 1 saturated heterocycles. The third-order valence-electron chi connectivity index (χ3n) is 4.11. The van der Waals surface area contributed by atoms with Crippen molar-refractivity contribution in [3.8, 4) is 17.1 Å². The molecule has 1 aliphatic heterocycles. The van der Waals surface area contributed by atoms with Crippen molar-refractivity contribution < 1.29 is 9.47 Å². The highest BCUT2D eigenvalue weighted by atomic mass is 35.5. The molecule has 0 atom stereocenters. The number of pyridine rings is 2. The average Bonchev–Trinajstić information content (AvgIpc) is 3.04. The maximum atomic E-state index is 6.40. The second-order valence-corrected chi connectivity index (χ2v) is 6.00. The van der Waals surface area contributed by atoms with Gasteiger partial charge < -0.3 is 19.4 Å². The van der Waals surface area contributed by atoms with Gasteiger partial charge in [-0.05, 0) is 18.2 Å². The van der Waals surface area contributed by atoms with E-state index in [1.807, 2.05) is 30.5 Å². The molecule has 3 aromatic heterocycles. The maximum absolute atomic E-state index is 6.40. The molecule has 6 nitrogen and oxygen atoms in total. The van der Waals surface area contributed by atoms with Crippen LogP contribution in [0.15, 0.2) is 30.5 Å². The summed E-state index contributed by atoms with van der Waals surface area (Å²) >= 11 is 6.40. The highest BCUT2D eigenvalue weighted by molar-refractivity contribution is 6.33. The van der Waals surface area contributed by atoms with Gasteiger partial charge in [-0.2, -0.15) is 0 Å². The Hall–Kier alpha value is -2.31. The van der Waals surface area contributed by atoms with Crippen LogP contribution in [0.1, 0.15) is 0 Å². The summed E-state index contributed by atoms with van der Waals surface area (Å²) < 4.78 is 10.6. The first-order chi connectivity index (χ1) is 11.7. The fourth-order valence-corrected chi connectivity index (χ4v) is 3.08. The van der Waals surface area contributed by atoms with Crippen LogP contribution in [0, 0.1) is 0 Å². The van der Waals surface area contributed by atoms with Crippen LogP contribution in [0.25, 0.3) is 22.3 Å². The van der Waals surface area contributed by atoms with Gasteiger partial charge >= 0.3 is 0 Å². The van der Waals surface area contributed by atoms with Crippen LogP contribution in [0.5, 0.6) is 5.88 Å². The lowest BCUT2D eigenvalue weighted by molar-refractivity contribution is 0.122. The molecule has 124 valence electrons. The number of aromatic amines is 1. The highest BCUT2D eigenvalue weighted by Gasteiger charge is 2.14. The fourth-order valence-electron chi connectivity index (χ4n) is 2.82. The Bertz CT molecular complexity index is 857. The second kappa shape index (κ2) is 6.30. The number of hydrogen-bond donors (Lipinski definition) is 1. The van der Waals surface area contributed by atoms with Crippen LogP contribution < -0.4 is 9.64 Å². The van der Waals surface area contributed by atoms with E-state index in [1.54, 1.807) is 7.11 Å². The number of anilines is 1. The van der Waals surface area contributed by atoms with Gasteiger partial charge in [0, 0.05) is 30.9 Å². The first kappa shape index (κ1) is 15.2. The number of morpholine rings is 1. The zero-order chi connectivity index (χ0) is 16.5. The van der Waals surface area contributed by atoms with Crippen LogP contribution >= 0.6 is 11.6 Å². The summed E-state index contributed by atoms with van der Waals surface area (Å²) in [7, 11) is 1.61. The molecular weight excluding hydrogens is 328 g/mol. The van der Waals surface area contributed by atoms with E-state index in [0.717, 1.165) is 48.7 Å². The summed E-state index contributed by atoms with van der Waals surface area (Å²) in [5, 5.41) is 0.577. The van der Waals surface area contributed by atoms with Crippen molar-refractivity contribution in [2.24, 2.45) is 0 Å². The summed E-state index contributed by atoms with van der Waals surface area (Å²) in [5.74, 6) is 1.61. The molecule has 1 N–H and O–H groups in total. The van der Waals surface area contributed by atoms with E-state index < -0.39 is 0 Å². The number of rotatable bonds is 3. The normalized spacial score (nSPS) is 15.0. The van der Waals surface area contributed by atoms with Crippen LogP contribution in [-0.2, 0) is 4.74 Å². The molecule has 1 fully saturated rings. The maximum Gasteiger partial charge on any atom is 0.193 e. The number of nitrogens with one attached hydrogen (secondary N) is 1. The number of hydrogen-bond acceptors (Lipinski definition) is 5. The molecule has 0 unspecified atom stereocenters. The van der Waals surface area contributed by atoms with Gasteiger partial charge in [0.1, 0.15) is 5.82 Å². The number of ether oxygens (including phenoxy) is 2. The van der Waals surface area contributed by atoms with Crippen LogP contribution in [-0.4, -0.2) is 48.4 Å². The Labute approximate surface area is 144 Å². The predicted octanol–water partition coefficient (Wildman–Crippen LogP) is 3.12. The van der Waals surface area contributed by atoms with E-state index in [2.05, 4.69) is 19.9 Å². The predicted molar refractivity (Wildman–Crippen MR) is 93.9 cm³/mol. The molecule has 0 aliphatic carbocycles. The Morgan fingerprint density at radius 3 is 2.79 bits per heavy atom. The second-order valence-electron chi connectivity index (χ2n) is 5.59. The van der Waals surface area contributed by atoms with E-state index in [1.165, 1.54) is 0 Å². The number of nitrogens with zero attached hydrogens (tertiary/aromatic N) is 3. The van der Waals surface area contributed by atoms with Crippen LogP contribution in [0.3, 0.4) is 0 Å². The Morgan fingerprint density at radius 2 is 2.08 bits per heavy atom. The van der Waals surface area contributed by atoms with E-state index >= 15 is 0 Å². The minimum absolute atomic E-state index is 0.577. The summed E-state index contributed by atoms with van der Waals surface area (Å²) in [6.45, 7) is 3.20. The van der Waals surface area contributed by atoms with Gasteiger partial charge in [-0.25, -0.2) is 9.97 Å². The molecule has 0 aromatic carbocycles. The van der Waals surface area contributed by atoms with Crippen molar-refractivity contribution in [3.63, 3.8) is 0 Å². The van der Waals surface area contributed by atoms with Gasteiger partial charge in [-0.3, -0.25) is 0 Å². The van der Waals surface area contributed by atoms with Crippen molar-refractivity contribution in [1.82, 2.24) is 15.0 Å². The van der Waals surface area contributed by atoms with Crippen molar-refractivity contribution in [3.05, 3.63) is 35.5 Å². The third kappa shape index (κ3) is 2.79. The first-order valence-electron chi connectivity index (χ1n) is 7.77. The largest absolute Gasteiger partial charge is 0.482 e. The van der Waals surface area contributed by atoms with Crippen molar-refractivity contribution in [1.29, 1.82) is 0 Å². The van der Waals surface area contributed by atoms with E-state index in [0.29, 0.717) is 16.6 Å². The molecule has 7 heteroatoms. The Balaban J connectivity index is 1.67. The Morgan fingerprint density at radius 1 is 1.25 bits per heavy atom. The highest BCUT2D eigenvalue weighted by Crippen LogP contribution is 2.31. The zero-order valence-corrected chi connectivity index (χ0v) is 14.0. The minimum Gasteiger partial charge on any atom is -0.482 e. The third-order valence-corrected chi connectivity index (χ3v) is 4.40. The van der Waals surface area contributed by atoms with Gasteiger partial charge in [0.05, 0.1) is 42.1 Å². The number of halogens is 1. The van der Waals surface area contributed by atoms with E-state index in [4.69, 9.17) is 21.1 Å². The number of aromatic nitrogens is 3. The number of H-pyrrole nitrogens is 1. The molecule has 1 aliphatic rings. The van der Waals surface area contributed by atoms with Crippen molar-refractivity contribution >= 4 is 28.5 Å². The van der Waals surface area contributed by atoms with Gasteiger partial charge in [-0.1, -0.05) is 11.6 Å². The SMILES string of the molecule is COc1cc2nc(-c3ccc(N4CCOCC4)nc3)c(Cl)cc2[nH]1. The topological polar surface area (TPSA) is 63.3 Å². The molecule has 0 saturated carbocycles. The molecule has 0 spiro atoms. The summed E-state index contributed by atoms with van der Waals surface area (Å²) in [4.78, 5) is 14.5. The van der Waals surface area contributed by atoms with Crippen molar-refractivity contribution in [2.45, 2.75) is 0 Å². The summed E-state index contributed by atoms with van der Waals surface area (Å²) in [6, 6.07) is 7.71. The lowest BCUT2D eigenvalue weighted by Gasteiger charge is -2.27. The summed E-state index contributed by atoms with van der Waals surface area (Å²) in [5.41, 5.74) is 3.26. The van der Waals surface area contributed by atoms with Gasteiger partial charge in [-0.15, -0.1) is 0 Å². The fraction of sp³-hybridized carbons (Fsp3) is 0.294. The first-order valence-corrected chi connectivity index (χ1v) is 8.15. The van der Waals surface area contributed by atoms with Gasteiger partial charge in [0.25, 0.3) is 0 Å². The molecular formula is C17H17ClN4O2.